The summed E-state index contributed by atoms with van der Waals surface area (Å²) in [6.07, 6.45) is 0. The van der Waals surface area contributed by atoms with Crippen molar-refractivity contribution in [2.75, 3.05) is 0 Å². The molecule has 0 spiro atoms. The normalized spacial score (nSPS) is 10.5. The summed E-state index contributed by atoms with van der Waals surface area (Å²) in [7, 11) is 0. The van der Waals surface area contributed by atoms with Crippen molar-refractivity contribution >= 4 is 0 Å². The summed E-state index contributed by atoms with van der Waals surface area (Å²) in [5.74, 6) is 3.05. The number of ether oxygens (including phenoxy) is 2. The molecule has 0 atom stereocenters. The maximum Gasteiger partial charge on any atom is 0.139 e. The molecule has 0 N–H and O–H groups in total. The molecule has 0 bridgehead atoms. The zero-order chi connectivity index (χ0) is 21.6. The lowest BCUT2D eigenvalue weighted by atomic mass is 9.93. The molecular weight excluding hydrogens is 392 g/mol. The highest BCUT2D eigenvalue weighted by Gasteiger charge is 2.18. The van der Waals surface area contributed by atoms with E-state index in [1.807, 2.05) is 91.0 Å². The van der Waals surface area contributed by atoms with Crippen molar-refractivity contribution in [2.24, 2.45) is 0 Å². The molecule has 0 saturated heterocycles. The first-order valence-corrected chi connectivity index (χ1v) is 10.6. The average Bonchev–Trinajstić information content (AvgIpc) is 2.86. The number of para-hydroxylation sites is 2. The van der Waals surface area contributed by atoms with Crippen molar-refractivity contribution in [1.82, 2.24) is 0 Å². The maximum absolute atomic E-state index is 6.35. The standard InChI is InChI=1S/C30H22O2/c1-4-13-23(14-5-1)26-19-10-11-20-27(26)30-28(31-24-15-6-2-7-16-24)21-12-22-29(30)32-25-17-8-3-9-18-25/h1-22H. The van der Waals surface area contributed by atoms with E-state index in [9.17, 15) is 0 Å². The Morgan fingerprint density at radius 1 is 0.344 bits per heavy atom. The van der Waals surface area contributed by atoms with Crippen LogP contribution < -0.4 is 9.47 Å². The third-order valence-corrected chi connectivity index (χ3v) is 5.21. The van der Waals surface area contributed by atoms with E-state index in [1.165, 1.54) is 0 Å². The number of hydrogen-bond donors (Lipinski definition) is 0. The third kappa shape index (κ3) is 4.26. The van der Waals surface area contributed by atoms with E-state index >= 15 is 0 Å². The van der Waals surface area contributed by atoms with Crippen LogP contribution in [0.5, 0.6) is 23.0 Å². The first-order valence-electron chi connectivity index (χ1n) is 10.6. The van der Waals surface area contributed by atoms with E-state index < -0.39 is 0 Å². The van der Waals surface area contributed by atoms with Crippen LogP contribution in [0.15, 0.2) is 133 Å². The van der Waals surface area contributed by atoms with E-state index in [1.54, 1.807) is 0 Å². The van der Waals surface area contributed by atoms with Gasteiger partial charge in [0.25, 0.3) is 0 Å². The topological polar surface area (TPSA) is 18.5 Å². The molecule has 0 aliphatic carbocycles. The lowest BCUT2D eigenvalue weighted by Crippen LogP contribution is -1.95. The summed E-state index contributed by atoms with van der Waals surface area (Å²) in [6.45, 7) is 0. The van der Waals surface area contributed by atoms with Crippen molar-refractivity contribution < 1.29 is 9.47 Å². The number of rotatable bonds is 6. The van der Waals surface area contributed by atoms with Gasteiger partial charge in [0.2, 0.25) is 0 Å². The highest BCUT2D eigenvalue weighted by molar-refractivity contribution is 5.89. The monoisotopic (exact) mass is 414 g/mol. The molecule has 0 unspecified atom stereocenters. The van der Waals surface area contributed by atoms with E-state index in [0.717, 1.165) is 45.3 Å². The van der Waals surface area contributed by atoms with Crippen LogP contribution in [0.3, 0.4) is 0 Å². The van der Waals surface area contributed by atoms with Crippen molar-refractivity contribution in [3.63, 3.8) is 0 Å². The minimum Gasteiger partial charge on any atom is -0.457 e. The van der Waals surface area contributed by atoms with Crippen molar-refractivity contribution in [3.8, 4) is 45.3 Å². The van der Waals surface area contributed by atoms with Crippen LogP contribution in [-0.4, -0.2) is 0 Å². The van der Waals surface area contributed by atoms with Gasteiger partial charge in [-0.05, 0) is 53.1 Å². The molecule has 5 rings (SSSR count). The van der Waals surface area contributed by atoms with Gasteiger partial charge in [0.15, 0.2) is 0 Å². The van der Waals surface area contributed by atoms with Gasteiger partial charge >= 0.3 is 0 Å². The molecule has 0 amide bonds. The lowest BCUT2D eigenvalue weighted by Gasteiger charge is -2.19. The van der Waals surface area contributed by atoms with Gasteiger partial charge in [0.1, 0.15) is 23.0 Å². The summed E-state index contributed by atoms with van der Waals surface area (Å²) >= 11 is 0. The summed E-state index contributed by atoms with van der Waals surface area (Å²) in [5.41, 5.74) is 4.23. The van der Waals surface area contributed by atoms with Gasteiger partial charge in [0, 0.05) is 0 Å². The van der Waals surface area contributed by atoms with Gasteiger partial charge in [-0.25, -0.2) is 0 Å². The van der Waals surface area contributed by atoms with Crippen molar-refractivity contribution in [1.29, 1.82) is 0 Å². The summed E-state index contributed by atoms with van der Waals surface area (Å²) in [6, 6.07) is 44.3. The van der Waals surface area contributed by atoms with E-state index in [-0.39, 0.29) is 0 Å². The largest absolute Gasteiger partial charge is 0.457 e. The quantitative estimate of drug-likeness (QED) is 0.277. The molecule has 5 aromatic rings. The molecule has 5 aromatic carbocycles. The fourth-order valence-corrected chi connectivity index (χ4v) is 3.75. The van der Waals surface area contributed by atoms with Crippen LogP contribution in [0.4, 0.5) is 0 Å². The number of hydrogen-bond acceptors (Lipinski definition) is 2. The third-order valence-electron chi connectivity index (χ3n) is 5.21. The van der Waals surface area contributed by atoms with Gasteiger partial charge in [-0.3, -0.25) is 0 Å². The first-order chi connectivity index (χ1) is 15.9. The molecule has 32 heavy (non-hydrogen) atoms. The van der Waals surface area contributed by atoms with Crippen LogP contribution in [0.1, 0.15) is 0 Å². The fraction of sp³-hybridized carbons (Fsp3) is 0. The Labute approximate surface area is 188 Å². The fourth-order valence-electron chi connectivity index (χ4n) is 3.75. The summed E-state index contributed by atoms with van der Waals surface area (Å²) < 4.78 is 12.7. The average molecular weight is 415 g/mol. The van der Waals surface area contributed by atoms with Crippen LogP contribution in [-0.2, 0) is 0 Å². The Bertz CT molecular complexity index is 1240. The Morgan fingerprint density at radius 3 is 1.31 bits per heavy atom. The predicted molar refractivity (Wildman–Crippen MR) is 130 cm³/mol. The summed E-state index contributed by atoms with van der Waals surface area (Å²) in [4.78, 5) is 0. The van der Waals surface area contributed by atoms with Crippen molar-refractivity contribution in [3.05, 3.63) is 133 Å². The molecule has 0 aliphatic rings. The number of benzene rings is 5. The molecule has 2 nitrogen and oxygen atoms in total. The first kappa shape index (κ1) is 19.7. The van der Waals surface area contributed by atoms with Crippen molar-refractivity contribution in [2.45, 2.75) is 0 Å². The molecule has 0 heterocycles. The minimum atomic E-state index is 0.744. The van der Waals surface area contributed by atoms with E-state index in [0.29, 0.717) is 0 Å². The molecule has 154 valence electrons. The van der Waals surface area contributed by atoms with Gasteiger partial charge in [-0.15, -0.1) is 0 Å². The Hall–Kier alpha value is -4.30. The van der Waals surface area contributed by atoms with Crippen LogP contribution in [0.25, 0.3) is 22.3 Å². The molecule has 0 aromatic heterocycles. The second-order valence-electron chi connectivity index (χ2n) is 7.37. The molecule has 2 heteroatoms. The highest BCUT2D eigenvalue weighted by Crippen LogP contribution is 2.45. The van der Waals surface area contributed by atoms with Gasteiger partial charge in [0.05, 0.1) is 5.56 Å². The second kappa shape index (κ2) is 9.23. The molecular formula is C30H22O2. The Kier molecular flexibility index (Phi) is 5.67. The second-order valence-corrected chi connectivity index (χ2v) is 7.37. The zero-order valence-corrected chi connectivity index (χ0v) is 17.5. The van der Waals surface area contributed by atoms with E-state index in [2.05, 4.69) is 42.5 Å². The summed E-state index contributed by atoms with van der Waals surface area (Å²) in [5, 5.41) is 0. The SMILES string of the molecule is c1ccc(Oc2cccc(Oc3ccccc3)c2-c2ccccc2-c2ccccc2)cc1. The van der Waals surface area contributed by atoms with Gasteiger partial charge < -0.3 is 9.47 Å². The van der Waals surface area contributed by atoms with Crippen LogP contribution in [0, 0.1) is 0 Å². The lowest BCUT2D eigenvalue weighted by molar-refractivity contribution is 0.463. The molecule has 0 fully saturated rings. The molecule has 0 saturated carbocycles. The minimum absolute atomic E-state index is 0.744. The predicted octanol–water partition coefficient (Wildman–Crippen LogP) is 8.61. The molecule has 0 aliphatic heterocycles. The Morgan fingerprint density at radius 2 is 0.781 bits per heavy atom. The van der Waals surface area contributed by atoms with Gasteiger partial charge in [-0.1, -0.05) is 97.1 Å². The maximum atomic E-state index is 6.35. The molecule has 0 radical (unpaired) electrons. The van der Waals surface area contributed by atoms with E-state index in [4.69, 9.17) is 9.47 Å². The zero-order valence-electron chi connectivity index (χ0n) is 17.5. The highest BCUT2D eigenvalue weighted by atomic mass is 16.5. The van der Waals surface area contributed by atoms with Gasteiger partial charge in [-0.2, -0.15) is 0 Å². The smallest absolute Gasteiger partial charge is 0.139 e. The van der Waals surface area contributed by atoms with Crippen LogP contribution in [0.2, 0.25) is 0 Å². The Balaban J connectivity index is 1.69. The van der Waals surface area contributed by atoms with Crippen LogP contribution >= 0.6 is 0 Å².